The minimum absolute atomic E-state index is 0.114. The van der Waals surface area contributed by atoms with E-state index in [0.29, 0.717) is 5.56 Å². The predicted octanol–water partition coefficient (Wildman–Crippen LogP) is 1.16. The molecule has 1 rings (SSSR count). The normalized spacial score (nSPS) is 11.6. The van der Waals surface area contributed by atoms with Gasteiger partial charge in [-0.3, -0.25) is 4.79 Å². The summed E-state index contributed by atoms with van der Waals surface area (Å²) in [5.41, 5.74) is 5.86. The van der Waals surface area contributed by atoms with Crippen LogP contribution in [0.1, 0.15) is 5.56 Å². The maximum absolute atomic E-state index is 10.4. The number of phenolic OH excluding ortho intramolecular Hbond substituents is 2. The quantitative estimate of drug-likeness (QED) is 0.477. The molecule has 6 heteroatoms. The van der Waals surface area contributed by atoms with Crippen molar-refractivity contribution in [3.8, 4) is 11.5 Å². The van der Waals surface area contributed by atoms with Gasteiger partial charge in [-0.05, 0) is 24.1 Å². The number of phenols is 2. The number of aliphatic carboxylic acids is 1. The van der Waals surface area contributed by atoms with Crippen LogP contribution in [0.25, 0.3) is 0 Å². The second-order valence-electron chi connectivity index (χ2n) is 4.70. The van der Waals surface area contributed by atoms with Crippen molar-refractivity contribution in [2.24, 2.45) is 5.73 Å². The van der Waals surface area contributed by atoms with E-state index in [1.165, 1.54) is 18.2 Å². The van der Waals surface area contributed by atoms with Crippen LogP contribution in [0.4, 0.5) is 0 Å². The molecule has 0 spiro atoms. The molecule has 1 aromatic carbocycles. The number of carbonyl (C=O) groups is 1. The molecular formula is C12H21NO4Sn. The van der Waals surface area contributed by atoms with E-state index in [1.54, 1.807) is 0 Å². The van der Waals surface area contributed by atoms with Crippen molar-refractivity contribution in [3.63, 3.8) is 0 Å². The molecule has 0 saturated carbocycles. The maximum atomic E-state index is 10.4. The van der Waals surface area contributed by atoms with Crippen LogP contribution in [0, 0.1) is 0 Å². The fourth-order valence-electron chi connectivity index (χ4n) is 1.04. The van der Waals surface area contributed by atoms with Gasteiger partial charge >= 0.3 is 40.5 Å². The molecule has 0 aliphatic rings. The first-order chi connectivity index (χ1) is 8.23. The second-order valence-corrected chi connectivity index (χ2v) is 14.6. The Labute approximate surface area is 114 Å². The second kappa shape index (κ2) is 8.20. The third-order valence-corrected chi connectivity index (χ3v) is 1.81. The molecule has 0 heterocycles. The van der Waals surface area contributed by atoms with E-state index in [9.17, 15) is 4.79 Å². The molecule has 0 fully saturated rings. The average Bonchev–Trinajstić information content (AvgIpc) is 2.22. The van der Waals surface area contributed by atoms with Crippen LogP contribution in [0.2, 0.25) is 14.8 Å². The van der Waals surface area contributed by atoms with E-state index < -0.39 is 31.8 Å². The van der Waals surface area contributed by atoms with E-state index in [4.69, 9.17) is 21.1 Å². The van der Waals surface area contributed by atoms with Gasteiger partial charge in [0.1, 0.15) is 6.04 Å². The summed E-state index contributed by atoms with van der Waals surface area (Å²) in [4.78, 5) is 17.5. The van der Waals surface area contributed by atoms with Crippen molar-refractivity contribution in [2.45, 2.75) is 27.3 Å². The Morgan fingerprint density at radius 2 is 1.78 bits per heavy atom. The molecule has 18 heavy (non-hydrogen) atoms. The molecule has 1 aromatic rings. The van der Waals surface area contributed by atoms with Crippen LogP contribution in [0.5, 0.6) is 11.5 Å². The Morgan fingerprint density at radius 1 is 1.28 bits per heavy atom. The van der Waals surface area contributed by atoms with Crippen LogP contribution in [-0.2, 0) is 11.2 Å². The fraction of sp³-hybridized carbons (Fsp3) is 0.417. The van der Waals surface area contributed by atoms with Gasteiger partial charge in [0, 0.05) is 0 Å². The predicted molar refractivity (Wildman–Crippen MR) is 73.8 cm³/mol. The van der Waals surface area contributed by atoms with E-state index in [2.05, 4.69) is 14.8 Å². The Kier molecular flexibility index (Phi) is 7.77. The first kappa shape index (κ1) is 17.0. The van der Waals surface area contributed by atoms with Crippen LogP contribution in [0.15, 0.2) is 18.2 Å². The van der Waals surface area contributed by atoms with Gasteiger partial charge in [-0.1, -0.05) is 6.07 Å². The van der Waals surface area contributed by atoms with Crippen molar-refractivity contribution in [3.05, 3.63) is 23.8 Å². The van der Waals surface area contributed by atoms with E-state index in [1.807, 2.05) is 0 Å². The van der Waals surface area contributed by atoms with Gasteiger partial charge in [-0.2, -0.15) is 0 Å². The summed E-state index contributed by atoms with van der Waals surface area (Å²) in [6, 6.07) is 3.09. The monoisotopic (exact) mass is 363 g/mol. The van der Waals surface area contributed by atoms with Gasteiger partial charge < -0.3 is 21.1 Å². The number of aromatic hydroxyl groups is 2. The summed E-state index contributed by atoms with van der Waals surface area (Å²) in [5, 5.41) is 26.6. The summed E-state index contributed by atoms with van der Waals surface area (Å²) < 4.78 is 0. The van der Waals surface area contributed by atoms with Gasteiger partial charge in [0.15, 0.2) is 11.5 Å². The molecule has 1 atom stereocenters. The summed E-state index contributed by atoms with van der Waals surface area (Å²) in [5.74, 6) is -1.62. The zero-order chi connectivity index (χ0) is 14.3. The zero-order valence-corrected chi connectivity index (χ0v) is 14.2. The molecule has 5 nitrogen and oxygen atoms in total. The molecule has 0 saturated heterocycles. The standard InChI is InChI=1S/C9H11NO4.3CH3.Sn.H/c10-6(9(13)14)3-5-1-2-7(11)8(12)4-5;;;;;/h1-2,4,6,11-12H,3,10H2,(H,13,14);3*1H3;;. The van der Waals surface area contributed by atoms with E-state index in [-0.39, 0.29) is 17.9 Å². The molecule has 0 amide bonds. The van der Waals surface area contributed by atoms with Crippen LogP contribution < -0.4 is 5.73 Å². The molecule has 102 valence electrons. The van der Waals surface area contributed by atoms with Gasteiger partial charge in [-0.25, -0.2) is 0 Å². The summed E-state index contributed by atoms with van der Waals surface area (Å²) in [7, 11) is 0. The number of nitrogens with two attached hydrogens (primary N) is 1. The molecule has 0 aliphatic heterocycles. The summed E-state index contributed by atoms with van der Waals surface area (Å²) in [6.45, 7) is 0. The van der Waals surface area contributed by atoms with E-state index >= 15 is 0 Å². The van der Waals surface area contributed by atoms with Gasteiger partial charge in [0.2, 0.25) is 0 Å². The van der Waals surface area contributed by atoms with E-state index in [0.717, 1.165) is 0 Å². The molecule has 0 aromatic heterocycles. The van der Waals surface area contributed by atoms with Gasteiger partial charge in [0.25, 0.3) is 0 Å². The number of benzene rings is 1. The van der Waals surface area contributed by atoms with Gasteiger partial charge in [0.05, 0.1) is 0 Å². The topological polar surface area (TPSA) is 104 Å². The Hall–Kier alpha value is -0.951. The van der Waals surface area contributed by atoms with Crippen LogP contribution in [-0.4, -0.2) is 47.1 Å². The molecule has 0 bridgehead atoms. The van der Waals surface area contributed by atoms with Crippen molar-refractivity contribution >= 4 is 25.7 Å². The molecule has 5 N–H and O–H groups in total. The minimum atomic E-state index is -1.10. The van der Waals surface area contributed by atoms with Crippen molar-refractivity contribution in [1.29, 1.82) is 0 Å². The van der Waals surface area contributed by atoms with Gasteiger partial charge in [-0.15, -0.1) is 0 Å². The molecule has 1 unspecified atom stereocenters. The Morgan fingerprint density at radius 3 is 2.17 bits per heavy atom. The molecule has 0 aliphatic carbocycles. The number of carboxylic acids is 1. The number of rotatable bonds is 3. The first-order valence-electron chi connectivity index (χ1n) is 5.73. The van der Waals surface area contributed by atoms with Crippen molar-refractivity contribution < 1.29 is 20.1 Å². The average molecular weight is 362 g/mol. The fourth-order valence-corrected chi connectivity index (χ4v) is 1.04. The number of hydrogen-bond acceptors (Lipinski definition) is 4. The van der Waals surface area contributed by atoms with Crippen molar-refractivity contribution in [2.75, 3.05) is 0 Å². The Bertz CT molecular complexity index is 393. The number of carboxylic acid groups (broad SMARTS) is 1. The molecular weight excluding hydrogens is 341 g/mol. The third-order valence-electron chi connectivity index (χ3n) is 1.81. The summed E-state index contributed by atoms with van der Waals surface area (Å²) >= 11 is -0.637. The third kappa shape index (κ3) is 7.39. The first-order valence-corrected chi connectivity index (χ1v) is 15.6. The van der Waals surface area contributed by atoms with Crippen LogP contribution >= 0.6 is 0 Å². The zero-order valence-electron chi connectivity index (χ0n) is 10.9. The van der Waals surface area contributed by atoms with Crippen LogP contribution in [0.3, 0.4) is 0 Å². The molecule has 0 radical (unpaired) electrons. The SMILES string of the molecule is NC(Cc1ccc(O)c(O)c1)C(=O)O.[CH3][SnH]([CH3])[CH3]. The summed E-state index contributed by atoms with van der Waals surface area (Å²) in [6.07, 6.45) is 0.114. The van der Waals surface area contributed by atoms with Crippen molar-refractivity contribution in [1.82, 2.24) is 0 Å². The Balaban J connectivity index is 0.000000631. The number of hydrogen-bond donors (Lipinski definition) is 4.